The van der Waals surface area contributed by atoms with E-state index in [1.165, 1.54) is 0 Å². The maximum atomic E-state index is 6.05. The van der Waals surface area contributed by atoms with Gasteiger partial charge in [-0.25, -0.2) is 0 Å². The fraction of sp³-hybridized carbons (Fsp3) is 0.333. The standard InChI is InChI=1S/C15H18ClNO2/c1-3-7-19-15-5-4-13(16)9-14(15)17-11(2)12-6-8-18-10-12/h4-6,8-11,17H,3,7H2,1-2H3. The first-order valence-corrected chi connectivity index (χ1v) is 6.79. The monoisotopic (exact) mass is 279 g/mol. The van der Waals surface area contributed by atoms with Gasteiger partial charge in [0.1, 0.15) is 5.75 Å². The Hall–Kier alpha value is -1.61. The molecule has 0 saturated carbocycles. The molecule has 0 aliphatic rings. The molecule has 0 radical (unpaired) electrons. The van der Waals surface area contributed by atoms with Gasteiger partial charge >= 0.3 is 0 Å². The lowest BCUT2D eigenvalue weighted by atomic mass is 10.1. The van der Waals surface area contributed by atoms with Crippen LogP contribution in [0.1, 0.15) is 31.9 Å². The van der Waals surface area contributed by atoms with Crippen LogP contribution in [0, 0.1) is 0 Å². The van der Waals surface area contributed by atoms with Crippen LogP contribution in [0.2, 0.25) is 5.02 Å². The molecule has 2 aromatic rings. The van der Waals surface area contributed by atoms with Crippen molar-refractivity contribution in [1.82, 2.24) is 0 Å². The van der Waals surface area contributed by atoms with E-state index in [1.807, 2.05) is 24.3 Å². The number of hydrogen-bond donors (Lipinski definition) is 1. The molecule has 19 heavy (non-hydrogen) atoms. The summed E-state index contributed by atoms with van der Waals surface area (Å²) in [5, 5.41) is 4.08. The largest absolute Gasteiger partial charge is 0.491 e. The summed E-state index contributed by atoms with van der Waals surface area (Å²) < 4.78 is 10.8. The molecule has 2 rings (SSSR count). The van der Waals surface area contributed by atoms with E-state index >= 15 is 0 Å². The van der Waals surface area contributed by atoms with Gasteiger partial charge in [0.2, 0.25) is 0 Å². The highest BCUT2D eigenvalue weighted by Gasteiger charge is 2.10. The van der Waals surface area contributed by atoms with Crippen molar-refractivity contribution < 1.29 is 9.15 Å². The normalized spacial score (nSPS) is 12.2. The summed E-state index contributed by atoms with van der Waals surface area (Å²) in [4.78, 5) is 0. The minimum Gasteiger partial charge on any atom is -0.491 e. The molecule has 0 aliphatic carbocycles. The highest BCUT2D eigenvalue weighted by Crippen LogP contribution is 2.31. The molecule has 1 aromatic carbocycles. The third-order valence-corrected chi connectivity index (χ3v) is 3.05. The van der Waals surface area contributed by atoms with Crippen molar-refractivity contribution in [2.45, 2.75) is 26.3 Å². The molecule has 1 unspecified atom stereocenters. The molecule has 1 N–H and O–H groups in total. The van der Waals surface area contributed by atoms with Crippen molar-refractivity contribution in [2.24, 2.45) is 0 Å². The molecule has 4 heteroatoms. The molecule has 102 valence electrons. The average molecular weight is 280 g/mol. The second-order valence-corrected chi connectivity index (χ2v) is 4.85. The third-order valence-electron chi connectivity index (χ3n) is 2.82. The highest BCUT2D eigenvalue weighted by atomic mass is 35.5. The summed E-state index contributed by atoms with van der Waals surface area (Å²) >= 11 is 6.05. The van der Waals surface area contributed by atoms with Gasteiger partial charge in [-0.3, -0.25) is 0 Å². The lowest BCUT2D eigenvalue weighted by Gasteiger charge is -2.17. The van der Waals surface area contributed by atoms with Crippen molar-refractivity contribution in [3.05, 3.63) is 47.4 Å². The van der Waals surface area contributed by atoms with Gasteiger partial charge in [-0.15, -0.1) is 0 Å². The minimum absolute atomic E-state index is 0.126. The Balaban J connectivity index is 2.15. The average Bonchev–Trinajstić information content (AvgIpc) is 2.92. The zero-order valence-corrected chi connectivity index (χ0v) is 11.9. The maximum Gasteiger partial charge on any atom is 0.142 e. The van der Waals surface area contributed by atoms with Crippen LogP contribution < -0.4 is 10.1 Å². The van der Waals surface area contributed by atoms with E-state index in [4.69, 9.17) is 20.8 Å². The van der Waals surface area contributed by atoms with Crippen LogP contribution in [0.25, 0.3) is 0 Å². The summed E-state index contributed by atoms with van der Waals surface area (Å²) in [5.74, 6) is 0.821. The third kappa shape index (κ3) is 3.67. The van der Waals surface area contributed by atoms with Gasteiger partial charge in [0.15, 0.2) is 0 Å². The summed E-state index contributed by atoms with van der Waals surface area (Å²) in [6.45, 7) is 4.84. The van der Waals surface area contributed by atoms with Gasteiger partial charge < -0.3 is 14.5 Å². The quantitative estimate of drug-likeness (QED) is 0.817. The molecule has 3 nitrogen and oxygen atoms in total. The lowest BCUT2D eigenvalue weighted by Crippen LogP contribution is -2.07. The Morgan fingerprint density at radius 2 is 2.21 bits per heavy atom. The molecule has 1 atom stereocenters. The molecule has 0 aliphatic heterocycles. The van der Waals surface area contributed by atoms with Gasteiger partial charge in [-0.05, 0) is 37.6 Å². The zero-order valence-electron chi connectivity index (χ0n) is 11.2. The van der Waals surface area contributed by atoms with Gasteiger partial charge in [-0.1, -0.05) is 18.5 Å². The van der Waals surface area contributed by atoms with Crippen molar-refractivity contribution in [1.29, 1.82) is 0 Å². The first-order valence-electron chi connectivity index (χ1n) is 6.41. The van der Waals surface area contributed by atoms with E-state index in [0.717, 1.165) is 23.4 Å². The van der Waals surface area contributed by atoms with Crippen LogP contribution in [0.4, 0.5) is 5.69 Å². The van der Waals surface area contributed by atoms with Gasteiger partial charge in [-0.2, -0.15) is 0 Å². The van der Waals surface area contributed by atoms with Crippen molar-refractivity contribution >= 4 is 17.3 Å². The Morgan fingerprint density at radius 1 is 1.37 bits per heavy atom. The number of ether oxygens (including phenoxy) is 1. The van der Waals surface area contributed by atoms with Crippen molar-refractivity contribution in [2.75, 3.05) is 11.9 Å². The number of hydrogen-bond acceptors (Lipinski definition) is 3. The van der Waals surface area contributed by atoms with E-state index in [1.54, 1.807) is 12.5 Å². The summed E-state index contributed by atoms with van der Waals surface area (Å²) in [6.07, 6.45) is 4.37. The van der Waals surface area contributed by atoms with Gasteiger partial charge in [0, 0.05) is 10.6 Å². The highest BCUT2D eigenvalue weighted by molar-refractivity contribution is 6.30. The number of halogens is 1. The lowest BCUT2D eigenvalue weighted by molar-refractivity contribution is 0.318. The number of furan rings is 1. The van der Waals surface area contributed by atoms with Gasteiger partial charge in [0.05, 0.1) is 30.9 Å². The fourth-order valence-electron chi connectivity index (χ4n) is 1.79. The second-order valence-electron chi connectivity index (χ2n) is 4.41. The van der Waals surface area contributed by atoms with E-state index in [-0.39, 0.29) is 6.04 Å². The van der Waals surface area contributed by atoms with Crippen molar-refractivity contribution in [3.63, 3.8) is 0 Å². The molecule has 0 saturated heterocycles. The predicted molar refractivity (Wildman–Crippen MR) is 78.0 cm³/mol. The van der Waals surface area contributed by atoms with Crippen LogP contribution in [0.15, 0.2) is 41.2 Å². The Kier molecular flexibility index (Phi) is 4.74. The van der Waals surface area contributed by atoms with Crippen LogP contribution in [-0.2, 0) is 0 Å². The summed E-state index contributed by atoms with van der Waals surface area (Å²) in [6, 6.07) is 7.67. The van der Waals surface area contributed by atoms with Crippen LogP contribution in [0.5, 0.6) is 5.75 Å². The van der Waals surface area contributed by atoms with Gasteiger partial charge in [0.25, 0.3) is 0 Å². The number of benzene rings is 1. The molecular weight excluding hydrogens is 262 g/mol. The van der Waals surface area contributed by atoms with Crippen LogP contribution >= 0.6 is 11.6 Å². The molecule has 1 aromatic heterocycles. The molecule has 0 amide bonds. The maximum absolute atomic E-state index is 6.05. The minimum atomic E-state index is 0.126. The molecular formula is C15H18ClNO2. The zero-order chi connectivity index (χ0) is 13.7. The fourth-order valence-corrected chi connectivity index (χ4v) is 1.96. The SMILES string of the molecule is CCCOc1ccc(Cl)cc1NC(C)c1ccoc1. The van der Waals surface area contributed by atoms with E-state index in [0.29, 0.717) is 11.6 Å². The second kappa shape index (κ2) is 6.53. The topological polar surface area (TPSA) is 34.4 Å². The Morgan fingerprint density at radius 3 is 2.89 bits per heavy atom. The van der Waals surface area contributed by atoms with E-state index in [2.05, 4.69) is 19.2 Å². The van der Waals surface area contributed by atoms with Crippen LogP contribution in [-0.4, -0.2) is 6.61 Å². The number of nitrogens with one attached hydrogen (secondary N) is 1. The van der Waals surface area contributed by atoms with E-state index < -0.39 is 0 Å². The molecule has 0 spiro atoms. The molecule has 1 heterocycles. The molecule has 0 fully saturated rings. The van der Waals surface area contributed by atoms with E-state index in [9.17, 15) is 0 Å². The Bertz CT molecular complexity index is 511. The molecule has 0 bridgehead atoms. The summed E-state index contributed by atoms with van der Waals surface area (Å²) in [5.41, 5.74) is 1.98. The smallest absolute Gasteiger partial charge is 0.142 e. The number of rotatable bonds is 6. The summed E-state index contributed by atoms with van der Waals surface area (Å²) in [7, 11) is 0. The van der Waals surface area contributed by atoms with Crippen LogP contribution in [0.3, 0.4) is 0 Å². The first kappa shape index (κ1) is 13.8. The number of anilines is 1. The van der Waals surface area contributed by atoms with Crippen molar-refractivity contribution in [3.8, 4) is 5.75 Å². The predicted octanol–water partition coefficient (Wildman–Crippen LogP) is 4.89. The first-order chi connectivity index (χ1) is 9.20. The Labute approximate surface area is 118 Å².